The molecule has 6 heteroatoms. The molecule has 3 N–H and O–H groups in total. The molecule has 2 aliphatic rings. The van der Waals surface area contributed by atoms with Crippen molar-refractivity contribution >= 4 is 11.4 Å². The molecule has 1 aromatic carbocycles. The maximum Gasteiger partial charge on any atom is 0.143 e. The summed E-state index contributed by atoms with van der Waals surface area (Å²) in [4.78, 5) is 7.64. The summed E-state index contributed by atoms with van der Waals surface area (Å²) in [5.74, 6) is 0.773. The van der Waals surface area contributed by atoms with Crippen LogP contribution in [-0.2, 0) is 6.42 Å². The van der Waals surface area contributed by atoms with Crippen LogP contribution in [0.4, 0.5) is 11.4 Å². The van der Waals surface area contributed by atoms with E-state index in [2.05, 4.69) is 33.9 Å². The Kier molecular flexibility index (Phi) is 7.82. The highest BCUT2D eigenvalue weighted by Crippen LogP contribution is 2.34. The summed E-state index contributed by atoms with van der Waals surface area (Å²) in [6.45, 7) is 7.24. The van der Waals surface area contributed by atoms with E-state index in [0.29, 0.717) is 6.04 Å². The van der Waals surface area contributed by atoms with Gasteiger partial charge < -0.3 is 25.4 Å². The maximum atomic E-state index is 9.03. The smallest absolute Gasteiger partial charge is 0.143 e. The average Bonchev–Trinajstić information content (AvgIpc) is 2.72. The van der Waals surface area contributed by atoms with Gasteiger partial charge in [0.1, 0.15) is 5.75 Å². The van der Waals surface area contributed by atoms with Crippen LogP contribution >= 0.6 is 0 Å². The lowest BCUT2D eigenvalue weighted by Crippen LogP contribution is -2.52. The molecule has 28 heavy (non-hydrogen) atoms. The quantitative estimate of drug-likeness (QED) is 0.524. The number of rotatable bonds is 8. The van der Waals surface area contributed by atoms with Crippen LogP contribution in [0.2, 0.25) is 0 Å². The molecule has 2 saturated heterocycles. The predicted molar refractivity (Wildman–Crippen MR) is 116 cm³/mol. The zero-order chi connectivity index (χ0) is 19.9. The number of aliphatic hydroxyl groups is 1. The highest BCUT2D eigenvalue weighted by atomic mass is 16.5. The molecule has 0 spiro atoms. The van der Waals surface area contributed by atoms with E-state index in [9.17, 15) is 0 Å². The third-order valence-corrected chi connectivity index (χ3v) is 6.39. The third-order valence-electron chi connectivity index (χ3n) is 6.39. The number of piperidine rings is 1. The van der Waals surface area contributed by atoms with E-state index >= 15 is 0 Å². The largest absolute Gasteiger partial charge is 0.495 e. The molecule has 0 saturated carbocycles. The van der Waals surface area contributed by atoms with Crippen molar-refractivity contribution in [1.29, 1.82) is 0 Å². The first-order valence-electron chi connectivity index (χ1n) is 10.9. The molecule has 0 amide bonds. The molecule has 2 fully saturated rings. The van der Waals surface area contributed by atoms with Crippen LogP contribution in [0.3, 0.4) is 0 Å². The van der Waals surface area contributed by atoms with Gasteiger partial charge in [0.2, 0.25) is 0 Å². The number of likely N-dealkylation sites (N-methyl/N-ethyl adjacent to an activating group) is 1. The van der Waals surface area contributed by atoms with Crippen molar-refractivity contribution in [2.24, 2.45) is 0 Å². The molecular weight excluding hydrogens is 352 g/mol. The van der Waals surface area contributed by atoms with Gasteiger partial charge >= 0.3 is 0 Å². The van der Waals surface area contributed by atoms with Crippen LogP contribution in [0.5, 0.6) is 5.75 Å². The standard InChI is InChI=1S/C22H38N4O2/c1-24-11-13-25(14-12-24)19-7-9-26(10-8-19)21-17-22(28-2)20(23)16-18(21)6-4-3-5-15-27/h16-17,19,27H,3-15,23H2,1-2H3. The first-order valence-corrected chi connectivity index (χ1v) is 10.9. The summed E-state index contributed by atoms with van der Waals surface area (Å²) < 4.78 is 5.50. The second-order valence-electron chi connectivity index (χ2n) is 8.31. The maximum absolute atomic E-state index is 9.03. The lowest BCUT2D eigenvalue weighted by molar-refractivity contribution is 0.0982. The number of nitrogen functional groups attached to an aromatic ring is 1. The van der Waals surface area contributed by atoms with Gasteiger partial charge in [-0.15, -0.1) is 0 Å². The molecule has 0 radical (unpaired) electrons. The number of aryl methyl sites for hydroxylation is 1. The second-order valence-corrected chi connectivity index (χ2v) is 8.31. The summed E-state index contributed by atoms with van der Waals surface area (Å²) >= 11 is 0. The molecule has 6 nitrogen and oxygen atoms in total. The van der Waals surface area contributed by atoms with Gasteiger partial charge in [-0.3, -0.25) is 4.90 Å². The molecule has 0 unspecified atom stereocenters. The summed E-state index contributed by atoms with van der Waals surface area (Å²) in [7, 11) is 3.91. The first-order chi connectivity index (χ1) is 13.6. The number of benzene rings is 1. The molecule has 158 valence electrons. The van der Waals surface area contributed by atoms with Crippen LogP contribution in [0.1, 0.15) is 37.7 Å². The highest BCUT2D eigenvalue weighted by molar-refractivity contribution is 5.67. The number of piperazine rings is 1. The Bertz CT molecular complexity index is 609. The minimum Gasteiger partial charge on any atom is -0.495 e. The fourth-order valence-corrected chi connectivity index (χ4v) is 4.57. The van der Waals surface area contributed by atoms with E-state index in [-0.39, 0.29) is 6.61 Å². The van der Waals surface area contributed by atoms with Crippen molar-refractivity contribution in [2.75, 3.05) is 70.7 Å². The third kappa shape index (κ3) is 5.31. The highest BCUT2D eigenvalue weighted by Gasteiger charge is 2.27. The average molecular weight is 391 g/mol. The van der Waals surface area contributed by atoms with Gasteiger partial charge in [-0.05, 0) is 50.8 Å². The minimum absolute atomic E-state index is 0.275. The number of anilines is 2. The number of ether oxygens (including phenoxy) is 1. The van der Waals surface area contributed by atoms with Crippen molar-refractivity contribution in [3.8, 4) is 5.75 Å². The summed E-state index contributed by atoms with van der Waals surface area (Å²) in [5.41, 5.74) is 9.51. The number of aliphatic hydroxyl groups excluding tert-OH is 1. The van der Waals surface area contributed by atoms with Crippen LogP contribution in [0, 0.1) is 0 Å². The van der Waals surface area contributed by atoms with Gasteiger partial charge in [0.15, 0.2) is 0 Å². The van der Waals surface area contributed by atoms with E-state index in [0.717, 1.165) is 50.2 Å². The lowest BCUT2D eigenvalue weighted by Gasteiger charge is -2.43. The Labute approximate surface area is 170 Å². The Morgan fingerprint density at radius 2 is 1.75 bits per heavy atom. The van der Waals surface area contributed by atoms with Gasteiger partial charge in [-0.2, -0.15) is 0 Å². The van der Waals surface area contributed by atoms with E-state index in [1.807, 2.05) is 0 Å². The second kappa shape index (κ2) is 10.3. The SMILES string of the molecule is COc1cc(N2CCC(N3CCN(C)CC3)CC2)c(CCCCCO)cc1N. The van der Waals surface area contributed by atoms with Gasteiger partial charge in [-0.25, -0.2) is 0 Å². The number of methoxy groups -OCH3 is 1. The summed E-state index contributed by atoms with van der Waals surface area (Å²) in [6.07, 6.45) is 6.45. The molecule has 0 aliphatic carbocycles. The normalized spacial score (nSPS) is 19.9. The van der Waals surface area contributed by atoms with Crippen molar-refractivity contribution in [3.63, 3.8) is 0 Å². The topological polar surface area (TPSA) is 65.2 Å². The monoisotopic (exact) mass is 390 g/mol. The number of hydrogen-bond acceptors (Lipinski definition) is 6. The molecule has 2 aliphatic heterocycles. The van der Waals surface area contributed by atoms with E-state index in [4.69, 9.17) is 15.6 Å². The number of nitrogens with zero attached hydrogens (tertiary/aromatic N) is 3. The summed E-state index contributed by atoms with van der Waals surface area (Å²) in [6, 6.07) is 4.95. The first kappa shape index (κ1) is 21.2. The molecule has 1 aromatic rings. The zero-order valence-corrected chi connectivity index (χ0v) is 17.7. The molecule has 2 heterocycles. The number of nitrogens with two attached hydrogens (primary N) is 1. The van der Waals surface area contributed by atoms with Crippen molar-refractivity contribution < 1.29 is 9.84 Å². The van der Waals surface area contributed by atoms with Gasteiger partial charge in [0.05, 0.1) is 12.8 Å². The fourth-order valence-electron chi connectivity index (χ4n) is 4.57. The van der Waals surface area contributed by atoms with Crippen LogP contribution in [0.15, 0.2) is 12.1 Å². The van der Waals surface area contributed by atoms with Crippen molar-refractivity contribution in [2.45, 2.75) is 44.6 Å². The Morgan fingerprint density at radius 3 is 2.39 bits per heavy atom. The van der Waals surface area contributed by atoms with Gasteiger partial charge in [-0.1, -0.05) is 6.42 Å². The van der Waals surface area contributed by atoms with Gasteiger partial charge in [0, 0.05) is 63.7 Å². The Morgan fingerprint density at radius 1 is 1.04 bits per heavy atom. The number of hydrogen-bond donors (Lipinski definition) is 2. The molecule has 3 rings (SSSR count). The van der Waals surface area contributed by atoms with Crippen molar-refractivity contribution in [1.82, 2.24) is 9.80 Å². The molecule has 0 aromatic heterocycles. The predicted octanol–water partition coefficient (Wildman–Crippen LogP) is 2.20. The zero-order valence-electron chi connectivity index (χ0n) is 17.7. The number of unbranched alkanes of at least 4 members (excludes halogenated alkanes) is 2. The van der Waals surface area contributed by atoms with E-state index < -0.39 is 0 Å². The molecule has 0 bridgehead atoms. The van der Waals surface area contributed by atoms with E-state index in [1.165, 1.54) is 50.3 Å². The van der Waals surface area contributed by atoms with E-state index in [1.54, 1.807) is 7.11 Å². The fraction of sp³-hybridized carbons (Fsp3) is 0.727. The lowest BCUT2D eigenvalue weighted by atomic mass is 9.98. The Balaban J connectivity index is 1.64. The van der Waals surface area contributed by atoms with Crippen LogP contribution in [0.25, 0.3) is 0 Å². The molecular formula is C22H38N4O2. The minimum atomic E-state index is 0.275. The van der Waals surface area contributed by atoms with Gasteiger partial charge in [0.25, 0.3) is 0 Å². The van der Waals surface area contributed by atoms with Crippen molar-refractivity contribution in [3.05, 3.63) is 17.7 Å². The van der Waals surface area contributed by atoms with Crippen LogP contribution in [-0.4, -0.2) is 81.0 Å². The molecule has 0 atom stereocenters. The Hall–Kier alpha value is -1.50. The summed E-state index contributed by atoms with van der Waals surface area (Å²) in [5, 5.41) is 9.03. The van der Waals surface area contributed by atoms with Crippen LogP contribution < -0.4 is 15.4 Å².